The van der Waals surface area contributed by atoms with Gasteiger partial charge in [-0.2, -0.15) is 0 Å². The van der Waals surface area contributed by atoms with Crippen molar-refractivity contribution in [2.45, 2.75) is 51.3 Å². The minimum atomic E-state index is -3.11. The number of nitrogens with zero attached hydrogens (tertiary/aromatic N) is 2. The molecule has 0 unspecified atom stereocenters. The zero-order valence-corrected chi connectivity index (χ0v) is 19.4. The number of hydrogen-bond donors (Lipinski definition) is 2. The number of nitrogens with one attached hydrogen (secondary N) is 2. The Bertz CT molecular complexity index is 547. The molecule has 0 aromatic heterocycles. The van der Waals surface area contributed by atoms with Crippen molar-refractivity contribution in [2.75, 3.05) is 39.0 Å². The van der Waals surface area contributed by atoms with Crippen molar-refractivity contribution in [3.63, 3.8) is 0 Å². The SMILES string of the molecule is C=C(C)CN1CCC(NC(=NC)NCCS(=O)(=O)C(C)(C)C)CC1.I. The molecule has 0 aromatic carbocycles. The second kappa shape index (κ2) is 10.7. The van der Waals surface area contributed by atoms with Crippen LogP contribution in [0.15, 0.2) is 17.1 Å². The number of likely N-dealkylation sites (tertiary alicyclic amines) is 1. The molecule has 0 aliphatic carbocycles. The number of hydrogen-bond acceptors (Lipinski definition) is 4. The van der Waals surface area contributed by atoms with Gasteiger partial charge in [-0.15, -0.1) is 24.0 Å². The molecular weight excluding hydrogens is 451 g/mol. The molecule has 0 radical (unpaired) electrons. The van der Waals surface area contributed by atoms with Gasteiger partial charge in [0.25, 0.3) is 0 Å². The first kappa shape index (κ1) is 24.7. The Labute approximate surface area is 170 Å². The van der Waals surface area contributed by atoms with Crippen LogP contribution in [-0.2, 0) is 9.84 Å². The van der Waals surface area contributed by atoms with E-state index in [0.717, 1.165) is 32.5 Å². The summed E-state index contributed by atoms with van der Waals surface area (Å²) in [5, 5.41) is 6.52. The van der Waals surface area contributed by atoms with E-state index >= 15 is 0 Å². The first-order valence-corrected chi connectivity index (χ1v) is 10.3. The number of guanidine groups is 1. The van der Waals surface area contributed by atoms with E-state index in [0.29, 0.717) is 18.5 Å². The Morgan fingerprint density at radius 2 is 1.84 bits per heavy atom. The molecule has 2 N–H and O–H groups in total. The molecule has 0 atom stereocenters. The maximum Gasteiger partial charge on any atom is 0.191 e. The Kier molecular flexibility index (Phi) is 10.6. The molecule has 1 heterocycles. The summed E-state index contributed by atoms with van der Waals surface area (Å²) in [6, 6.07) is 0.372. The van der Waals surface area contributed by atoms with Gasteiger partial charge in [0, 0.05) is 39.3 Å². The third-order valence-electron chi connectivity index (χ3n) is 4.24. The van der Waals surface area contributed by atoms with Crippen molar-refractivity contribution in [2.24, 2.45) is 4.99 Å². The van der Waals surface area contributed by atoms with E-state index in [1.165, 1.54) is 5.57 Å². The van der Waals surface area contributed by atoms with Gasteiger partial charge in [0.2, 0.25) is 0 Å². The Morgan fingerprint density at radius 1 is 1.28 bits per heavy atom. The van der Waals surface area contributed by atoms with Crippen LogP contribution in [-0.4, -0.2) is 69.0 Å². The Balaban J connectivity index is 0.00000576. The van der Waals surface area contributed by atoms with Gasteiger partial charge in [-0.3, -0.25) is 9.89 Å². The molecule has 8 heteroatoms. The molecule has 1 rings (SSSR count). The maximum atomic E-state index is 12.1. The highest BCUT2D eigenvalue weighted by Gasteiger charge is 2.28. The number of piperidine rings is 1. The summed E-state index contributed by atoms with van der Waals surface area (Å²) in [6.45, 7) is 14.6. The second-order valence-electron chi connectivity index (χ2n) is 7.58. The highest BCUT2D eigenvalue weighted by atomic mass is 127. The summed E-state index contributed by atoms with van der Waals surface area (Å²) in [7, 11) is -1.40. The molecule has 1 aliphatic heterocycles. The molecule has 1 aliphatic rings. The van der Waals surface area contributed by atoms with Crippen LogP contribution in [0.1, 0.15) is 40.5 Å². The molecule has 25 heavy (non-hydrogen) atoms. The minimum absolute atomic E-state index is 0. The van der Waals surface area contributed by atoms with Gasteiger partial charge in [0.05, 0.1) is 10.5 Å². The average molecular weight is 486 g/mol. The molecule has 6 nitrogen and oxygen atoms in total. The Hall–Kier alpha value is -0.350. The summed E-state index contributed by atoms with van der Waals surface area (Å²) in [6.07, 6.45) is 2.10. The first-order chi connectivity index (χ1) is 11.0. The normalized spacial score (nSPS) is 17.7. The van der Waals surface area contributed by atoms with Gasteiger partial charge in [0.1, 0.15) is 0 Å². The lowest BCUT2D eigenvalue weighted by Gasteiger charge is -2.33. The van der Waals surface area contributed by atoms with Gasteiger partial charge in [-0.05, 0) is 40.5 Å². The predicted octanol–water partition coefficient (Wildman–Crippen LogP) is 2.02. The lowest BCUT2D eigenvalue weighted by atomic mass is 10.0. The summed E-state index contributed by atoms with van der Waals surface area (Å²) < 4.78 is 23.5. The van der Waals surface area contributed by atoms with E-state index in [1.807, 2.05) is 0 Å². The summed E-state index contributed by atoms with van der Waals surface area (Å²) in [5.74, 6) is 0.784. The molecule has 0 spiro atoms. The maximum absolute atomic E-state index is 12.1. The third kappa shape index (κ3) is 8.72. The van der Waals surface area contributed by atoms with Crippen molar-refractivity contribution in [3.8, 4) is 0 Å². The fraction of sp³-hybridized carbons (Fsp3) is 0.824. The quantitative estimate of drug-likeness (QED) is 0.260. The van der Waals surface area contributed by atoms with Gasteiger partial charge in [-0.1, -0.05) is 12.2 Å². The van der Waals surface area contributed by atoms with Gasteiger partial charge >= 0.3 is 0 Å². The number of aliphatic imine (C=N–C) groups is 1. The van der Waals surface area contributed by atoms with Crippen LogP contribution >= 0.6 is 24.0 Å². The molecule has 1 fully saturated rings. The molecular formula is C17H35IN4O2S. The molecule has 0 aromatic rings. The van der Waals surface area contributed by atoms with Crippen LogP contribution in [0.2, 0.25) is 0 Å². The van der Waals surface area contributed by atoms with Crippen LogP contribution in [0, 0.1) is 0 Å². The topological polar surface area (TPSA) is 73.8 Å². The summed E-state index contributed by atoms with van der Waals surface area (Å²) in [4.78, 5) is 6.61. The van der Waals surface area contributed by atoms with Crippen LogP contribution in [0.4, 0.5) is 0 Å². The second-order valence-corrected chi connectivity index (χ2v) is 10.4. The van der Waals surface area contributed by atoms with Crippen molar-refractivity contribution < 1.29 is 8.42 Å². The van der Waals surface area contributed by atoms with E-state index in [-0.39, 0.29) is 29.7 Å². The summed E-state index contributed by atoms with van der Waals surface area (Å²) in [5.41, 5.74) is 1.19. The fourth-order valence-electron chi connectivity index (χ4n) is 2.62. The van der Waals surface area contributed by atoms with E-state index in [9.17, 15) is 8.42 Å². The van der Waals surface area contributed by atoms with E-state index in [1.54, 1.807) is 27.8 Å². The highest BCUT2D eigenvalue weighted by Crippen LogP contribution is 2.15. The standard InChI is InChI=1S/C17H34N4O2S.HI/c1-14(2)13-21-10-7-15(8-11-21)20-16(18-6)19-9-12-24(22,23)17(3,4)5;/h15H,1,7-13H2,2-6H3,(H2,18,19,20);1H. The van der Waals surface area contributed by atoms with Crippen LogP contribution in [0.25, 0.3) is 0 Å². The fourth-order valence-corrected chi connectivity index (χ4v) is 3.60. The van der Waals surface area contributed by atoms with Crippen LogP contribution < -0.4 is 10.6 Å². The van der Waals surface area contributed by atoms with E-state index in [4.69, 9.17) is 0 Å². The van der Waals surface area contributed by atoms with Gasteiger partial charge in [-0.25, -0.2) is 8.42 Å². The smallest absolute Gasteiger partial charge is 0.191 e. The average Bonchev–Trinajstić information content (AvgIpc) is 2.46. The molecule has 0 amide bonds. The molecule has 0 bridgehead atoms. The van der Waals surface area contributed by atoms with Crippen molar-refractivity contribution in [1.82, 2.24) is 15.5 Å². The summed E-state index contributed by atoms with van der Waals surface area (Å²) >= 11 is 0. The van der Waals surface area contributed by atoms with Crippen LogP contribution in [0.5, 0.6) is 0 Å². The van der Waals surface area contributed by atoms with Gasteiger partial charge < -0.3 is 10.6 Å². The molecule has 148 valence electrons. The zero-order valence-electron chi connectivity index (χ0n) is 16.3. The van der Waals surface area contributed by atoms with Crippen molar-refractivity contribution in [3.05, 3.63) is 12.2 Å². The molecule has 1 saturated heterocycles. The highest BCUT2D eigenvalue weighted by molar-refractivity contribution is 14.0. The van der Waals surface area contributed by atoms with Gasteiger partial charge in [0.15, 0.2) is 15.8 Å². The van der Waals surface area contributed by atoms with Crippen molar-refractivity contribution >= 4 is 39.8 Å². The lowest BCUT2D eigenvalue weighted by molar-refractivity contribution is 0.221. The van der Waals surface area contributed by atoms with E-state index in [2.05, 4.69) is 34.0 Å². The Morgan fingerprint density at radius 3 is 2.28 bits per heavy atom. The monoisotopic (exact) mass is 486 g/mol. The zero-order chi connectivity index (χ0) is 18.4. The minimum Gasteiger partial charge on any atom is -0.355 e. The molecule has 0 saturated carbocycles. The first-order valence-electron chi connectivity index (χ1n) is 8.61. The predicted molar refractivity (Wildman–Crippen MR) is 118 cm³/mol. The van der Waals surface area contributed by atoms with Crippen molar-refractivity contribution in [1.29, 1.82) is 0 Å². The third-order valence-corrected chi connectivity index (χ3v) is 6.85. The largest absolute Gasteiger partial charge is 0.355 e. The number of sulfone groups is 1. The van der Waals surface area contributed by atoms with Crippen LogP contribution in [0.3, 0.4) is 0 Å². The lowest BCUT2D eigenvalue weighted by Crippen LogP contribution is -2.49. The number of halogens is 1. The number of rotatable bonds is 6. The van der Waals surface area contributed by atoms with E-state index < -0.39 is 14.6 Å².